The fraction of sp³-hybridized carbons (Fsp3) is 0.364. The van der Waals surface area contributed by atoms with Crippen molar-refractivity contribution in [2.75, 3.05) is 6.54 Å². The Morgan fingerprint density at radius 2 is 2.07 bits per heavy atom. The van der Waals surface area contributed by atoms with Crippen molar-refractivity contribution < 1.29 is 9.18 Å². The molecule has 0 aliphatic rings. The van der Waals surface area contributed by atoms with Crippen molar-refractivity contribution in [2.45, 2.75) is 19.4 Å². The second-order valence-electron chi connectivity index (χ2n) is 3.39. The molecule has 0 spiro atoms. The fourth-order valence-corrected chi connectivity index (χ4v) is 1.07. The van der Waals surface area contributed by atoms with Gasteiger partial charge in [0.2, 0.25) is 0 Å². The van der Waals surface area contributed by atoms with Crippen LogP contribution in [0.2, 0.25) is 0 Å². The third kappa shape index (κ3) is 3.67. The molecular weight excluding hydrogens is 195 g/mol. The van der Waals surface area contributed by atoms with Gasteiger partial charge < -0.3 is 11.1 Å². The molecule has 0 aromatic heterocycles. The van der Waals surface area contributed by atoms with Crippen molar-refractivity contribution in [3.8, 4) is 0 Å². The number of amides is 1. The summed E-state index contributed by atoms with van der Waals surface area (Å²) in [5.41, 5.74) is 6.09. The van der Waals surface area contributed by atoms with Gasteiger partial charge in [-0.3, -0.25) is 4.79 Å². The topological polar surface area (TPSA) is 55.1 Å². The molecule has 1 aromatic rings. The summed E-state index contributed by atoms with van der Waals surface area (Å²) in [7, 11) is 0. The first kappa shape index (κ1) is 11.7. The van der Waals surface area contributed by atoms with Crippen molar-refractivity contribution in [3.63, 3.8) is 0 Å². The summed E-state index contributed by atoms with van der Waals surface area (Å²) in [6.07, 6.45) is 0.809. The van der Waals surface area contributed by atoms with Crippen LogP contribution in [-0.2, 0) is 0 Å². The summed E-state index contributed by atoms with van der Waals surface area (Å²) in [6, 6.07) is 5.38. The van der Waals surface area contributed by atoms with E-state index in [1.54, 1.807) is 0 Å². The third-order valence-electron chi connectivity index (χ3n) is 2.16. The van der Waals surface area contributed by atoms with Gasteiger partial charge in [-0.1, -0.05) is 6.92 Å². The average molecular weight is 210 g/mol. The van der Waals surface area contributed by atoms with Crippen LogP contribution in [0, 0.1) is 5.82 Å². The van der Waals surface area contributed by atoms with E-state index in [9.17, 15) is 9.18 Å². The molecule has 82 valence electrons. The number of nitrogens with two attached hydrogens (primary N) is 1. The van der Waals surface area contributed by atoms with Gasteiger partial charge in [0.25, 0.3) is 5.91 Å². The first-order valence-electron chi connectivity index (χ1n) is 4.92. The summed E-state index contributed by atoms with van der Waals surface area (Å²) in [5.74, 6) is -0.573. The van der Waals surface area contributed by atoms with Crippen molar-refractivity contribution in [2.24, 2.45) is 5.73 Å². The molecule has 1 atom stereocenters. The molecule has 1 amide bonds. The highest BCUT2D eigenvalue weighted by atomic mass is 19.1. The largest absolute Gasteiger partial charge is 0.350 e. The second kappa shape index (κ2) is 5.46. The number of hydrogen-bond acceptors (Lipinski definition) is 2. The van der Waals surface area contributed by atoms with Crippen LogP contribution >= 0.6 is 0 Å². The molecule has 3 N–H and O–H groups in total. The molecule has 4 heteroatoms. The number of benzene rings is 1. The Hall–Kier alpha value is -1.42. The van der Waals surface area contributed by atoms with E-state index in [1.165, 1.54) is 24.3 Å². The molecule has 0 aliphatic carbocycles. The zero-order valence-electron chi connectivity index (χ0n) is 8.66. The Kier molecular flexibility index (Phi) is 4.24. The first-order chi connectivity index (χ1) is 7.13. The zero-order valence-corrected chi connectivity index (χ0v) is 8.66. The molecule has 1 rings (SSSR count). The lowest BCUT2D eigenvalue weighted by Gasteiger charge is -2.10. The highest BCUT2D eigenvalue weighted by Gasteiger charge is 2.06. The molecule has 0 radical (unpaired) electrons. The van der Waals surface area contributed by atoms with Gasteiger partial charge in [0.1, 0.15) is 5.82 Å². The summed E-state index contributed by atoms with van der Waals surface area (Å²) >= 11 is 0. The highest BCUT2D eigenvalue weighted by molar-refractivity contribution is 5.94. The minimum absolute atomic E-state index is 0.0330. The predicted octanol–water partition coefficient (Wildman–Crippen LogP) is 1.29. The van der Waals surface area contributed by atoms with E-state index < -0.39 is 0 Å². The molecule has 15 heavy (non-hydrogen) atoms. The fourth-order valence-electron chi connectivity index (χ4n) is 1.07. The quantitative estimate of drug-likeness (QED) is 0.786. The number of hydrogen-bond donors (Lipinski definition) is 2. The molecule has 0 aliphatic heterocycles. The van der Waals surface area contributed by atoms with Gasteiger partial charge in [-0.2, -0.15) is 0 Å². The maximum absolute atomic E-state index is 12.6. The lowest BCUT2D eigenvalue weighted by atomic mass is 10.2. The van der Waals surface area contributed by atoms with Gasteiger partial charge in [0.05, 0.1) is 0 Å². The van der Waals surface area contributed by atoms with Crippen LogP contribution in [0.25, 0.3) is 0 Å². The lowest BCUT2D eigenvalue weighted by Crippen LogP contribution is -2.36. The van der Waals surface area contributed by atoms with Gasteiger partial charge in [0, 0.05) is 18.2 Å². The molecule has 3 nitrogen and oxygen atoms in total. The Labute approximate surface area is 88.5 Å². The molecular formula is C11H15FN2O. The van der Waals surface area contributed by atoms with Gasteiger partial charge in [-0.05, 0) is 30.7 Å². The Morgan fingerprint density at radius 1 is 1.47 bits per heavy atom. The molecule has 0 heterocycles. The van der Waals surface area contributed by atoms with Crippen LogP contribution in [0.4, 0.5) is 4.39 Å². The maximum atomic E-state index is 12.6. The van der Waals surface area contributed by atoms with Gasteiger partial charge in [-0.15, -0.1) is 0 Å². The van der Waals surface area contributed by atoms with Crippen LogP contribution in [0.15, 0.2) is 24.3 Å². The van der Waals surface area contributed by atoms with Crippen molar-refractivity contribution >= 4 is 5.91 Å². The summed E-state index contributed by atoms with van der Waals surface area (Å²) in [6.45, 7) is 2.39. The minimum atomic E-state index is -0.350. The van der Waals surface area contributed by atoms with E-state index in [1.807, 2.05) is 6.92 Å². The first-order valence-corrected chi connectivity index (χ1v) is 4.92. The van der Waals surface area contributed by atoms with E-state index in [0.29, 0.717) is 12.1 Å². The number of carbonyl (C=O) groups is 1. The lowest BCUT2D eigenvalue weighted by molar-refractivity contribution is 0.0951. The normalized spacial score (nSPS) is 12.2. The highest BCUT2D eigenvalue weighted by Crippen LogP contribution is 2.02. The standard InChI is InChI=1S/C11H15FN2O/c1-2-10(13)7-14-11(15)8-3-5-9(12)6-4-8/h3-6,10H,2,7,13H2,1H3,(H,14,15). The van der Waals surface area contributed by atoms with E-state index >= 15 is 0 Å². The number of halogens is 1. The van der Waals surface area contributed by atoms with Crippen molar-refractivity contribution in [1.29, 1.82) is 0 Å². The predicted molar refractivity (Wildman–Crippen MR) is 57.0 cm³/mol. The smallest absolute Gasteiger partial charge is 0.251 e. The second-order valence-corrected chi connectivity index (χ2v) is 3.39. The zero-order chi connectivity index (χ0) is 11.3. The van der Waals surface area contributed by atoms with Crippen LogP contribution < -0.4 is 11.1 Å². The van der Waals surface area contributed by atoms with Gasteiger partial charge in [-0.25, -0.2) is 4.39 Å². The number of rotatable bonds is 4. The van der Waals surface area contributed by atoms with E-state index in [4.69, 9.17) is 5.73 Å². The van der Waals surface area contributed by atoms with Gasteiger partial charge in [0.15, 0.2) is 0 Å². The summed E-state index contributed by atoms with van der Waals surface area (Å²) < 4.78 is 12.6. The summed E-state index contributed by atoms with van der Waals surface area (Å²) in [5, 5.41) is 2.68. The van der Waals surface area contributed by atoms with Crippen LogP contribution in [0.5, 0.6) is 0 Å². The van der Waals surface area contributed by atoms with Crippen LogP contribution in [0.3, 0.4) is 0 Å². The van der Waals surface area contributed by atoms with Crippen LogP contribution in [-0.4, -0.2) is 18.5 Å². The van der Waals surface area contributed by atoms with E-state index in [-0.39, 0.29) is 17.8 Å². The Morgan fingerprint density at radius 3 is 2.60 bits per heavy atom. The number of carbonyl (C=O) groups excluding carboxylic acids is 1. The molecule has 1 aromatic carbocycles. The SMILES string of the molecule is CCC(N)CNC(=O)c1ccc(F)cc1. The molecule has 0 bridgehead atoms. The van der Waals surface area contributed by atoms with Crippen molar-refractivity contribution in [1.82, 2.24) is 5.32 Å². The molecule has 0 saturated carbocycles. The average Bonchev–Trinajstić information content (AvgIpc) is 2.26. The Bertz CT molecular complexity index is 324. The summed E-state index contributed by atoms with van der Waals surface area (Å²) in [4.78, 5) is 11.5. The molecule has 0 saturated heterocycles. The minimum Gasteiger partial charge on any atom is -0.350 e. The van der Waals surface area contributed by atoms with Gasteiger partial charge >= 0.3 is 0 Å². The van der Waals surface area contributed by atoms with E-state index in [2.05, 4.69) is 5.32 Å². The number of nitrogens with one attached hydrogen (secondary N) is 1. The Balaban J connectivity index is 2.50. The maximum Gasteiger partial charge on any atom is 0.251 e. The molecule has 0 fully saturated rings. The third-order valence-corrected chi connectivity index (χ3v) is 2.16. The molecule has 1 unspecified atom stereocenters. The van der Waals surface area contributed by atoms with Crippen LogP contribution in [0.1, 0.15) is 23.7 Å². The van der Waals surface area contributed by atoms with E-state index in [0.717, 1.165) is 6.42 Å². The monoisotopic (exact) mass is 210 g/mol. The van der Waals surface area contributed by atoms with Crippen molar-refractivity contribution in [3.05, 3.63) is 35.6 Å².